The Balaban J connectivity index is 2.15. The maximum Gasteiger partial charge on any atom is 0.135 e. The van der Waals surface area contributed by atoms with Crippen LogP contribution in [-0.4, -0.2) is 5.78 Å². The van der Waals surface area contributed by atoms with Crippen molar-refractivity contribution in [1.29, 1.82) is 0 Å². The average molecular weight is 254 g/mol. The summed E-state index contributed by atoms with van der Waals surface area (Å²) in [5.74, 6) is 0.631. The summed E-state index contributed by atoms with van der Waals surface area (Å²) in [5.41, 5.74) is 1.36. The van der Waals surface area contributed by atoms with Crippen molar-refractivity contribution in [3.63, 3.8) is 0 Å². The van der Waals surface area contributed by atoms with Crippen LogP contribution in [0.5, 0.6) is 0 Å². The first kappa shape index (κ1) is 13.8. The van der Waals surface area contributed by atoms with Crippen LogP contribution in [0, 0.1) is 5.92 Å². The van der Waals surface area contributed by atoms with E-state index < -0.39 is 0 Å². The van der Waals surface area contributed by atoms with Crippen LogP contribution in [0.4, 0.5) is 0 Å². The highest BCUT2D eigenvalue weighted by Gasteiger charge is 2.14. The summed E-state index contributed by atoms with van der Waals surface area (Å²) in [4.78, 5) is 11.8. The topological polar surface area (TPSA) is 17.1 Å². The fraction of sp³-hybridized carbons (Fsp3) is 0.389. The minimum absolute atomic E-state index is 0.226. The van der Waals surface area contributed by atoms with Gasteiger partial charge in [0.25, 0.3) is 0 Å². The first-order chi connectivity index (χ1) is 9.26. The molecule has 0 aliphatic carbocycles. The molecule has 0 aromatic heterocycles. The average Bonchev–Trinajstić information content (AvgIpc) is 2.47. The second-order valence-corrected chi connectivity index (χ2v) is 5.10. The van der Waals surface area contributed by atoms with Crippen molar-refractivity contribution in [2.45, 2.75) is 39.5 Å². The molecule has 0 fully saturated rings. The van der Waals surface area contributed by atoms with E-state index in [4.69, 9.17) is 0 Å². The maximum absolute atomic E-state index is 11.8. The smallest absolute Gasteiger partial charge is 0.135 e. The molecule has 0 saturated heterocycles. The van der Waals surface area contributed by atoms with Gasteiger partial charge in [-0.2, -0.15) is 0 Å². The number of benzene rings is 2. The summed E-state index contributed by atoms with van der Waals surface area (Å²) in [5, 5.41) is 2.61. The van der Waals surface area contributed by atoms with Crippen LogP contribution in [0.25, 0.3) is 10.8 Å². The molecule has 0 saturated carbocycles. The molecule has 0 aliphatic rings. The first-order valence-corrected chi connectivity index (χ1v) is 7.25. The van der Waals surface area contributed by atoms with E-state index in [1.807, 2.05) is 6.92 Å². The number of hydrogen-bond donors (Lipinski definition) is 0. The third-order valence-electron chi connectivity index (χ3n) is 3.94. The van der Waals surface area contributed by atoms with E-state index in [-0.39, 0.29) is 5.92 Å². The minimum Gasteiger partial charge on any atom is -0.299 e. The lowest BCUT2D eigenvalue weighted by Crippen LogP contribution is -2.13. The first-order valence-electron chi connectivity index (χ1n) is 7.25. The van der Waals surface area contributed by atoms with E-state index >= 15 is 0 Å². The van der Waals surface area contributed by atoms with Crippen molar-refractivity contribution >= 4 is 16.6 Å². The molecule has 2 aromatic rings. The predicted molar refractivity (Wildman–Crippen MR) is 81.3 cm³/mol. The number of Topliss-reactive ketones (excluding diaryl/α,β-unsaturated/α-hetero) is 1. The second-order valence-electron chi connectivity index (χ2n) is 5.10. The highest BCUT2D eigenvalue weighted by atomic mass is 16.1. The zero-order valence-corrected chi connectivity index (χ0v) is 11.9. The number of rotatable bonds is 6. The minimum atomic E-state index is 0.226. The maximum atomic E-state index is 11.8. The molecular formula is C18H22O. The molecule has 0 N–H and O–H groups in total. The van der Waals surface area contributed by atoms with Crippen LogP contribution in [-0.2, 0) is 11.2 Å². The van der Waals surface area contributed by atoms with Gasteiger partial charge in [-0.1, -0.05) is 56.3 Å². The summed E-state index contributed by atoms with van der Waals surface area (Å²) in [6, 6.07) is 14.9. The Labute approximate surface area is 115 Å². The molecule has 1 unspecified atom stereocenters. The standard InChI is InChI=1S/C18H22O/c1-3-14(18(19)4-2)12-13-16-10-7-9-15-8-5-6-11-17(15)16/h5-11,14H,3-4,12-13H2,1-2H3. The van der Waals surface area contributed by atoms with Gasteiger partial charge in [-0.15, -0.1) is 0 Å². The molecule has 2 aromatic carbocycles. The molecule has 0 bridgehead atoms. The summed E-state index contributed by atoms with van der Waals surface area (Å²) in [6.45, 7) is 4.07. The Morgan fingerprint density at radius 2 is 1.79 bits per heavy atom. The van der Waals surface area contributed by atoms with Crippen LogP contribution in [0.2, 0.25) is 0 Å². The summed E-state index contributed by atoms with van der Waals surface area (Å²) >= 11 is 0. The second kappa shape index (κ2) is 6.51. The molecule has 1 heteroatoms. The van der Waals surface area contributed by atoms with Gasteiger partial charge in [-0.05, 0) is 35.6 Å². The van der Waals surface area contributed by atoms with Crippen LogP contribution in [0.1, 0.15) is 38.7 Å². The van der Waals surface area contributed by atoms with Gasteiger partial charge in [0.2, 0.25) is 0 Å². The molecule has 19 heavy (non-hydrogen) atoms. The predicted octanol–water partition coefficient (Wildman–Crippen LogP) is 4.78. The van der Waals surface area contributed by atoms with Gasteiger partial charge in [0.15, 0.2) is 0 Å². The monoisotopic (exact) mass is 254 g/mol. The van der Waals surface area contributed by atoms with E-state index in [0.717, 1.165) is 19.3 Å². The molecule has 100 valence electrons. The Morgan fingerprint density at radius 1 is 1.05 bits per heavy atom. The number of hydrogen-bond acceptors (Lipinski definition) is 1. The zero-order valence-electron chi connectivity index (χ0n) is 11.9. The molecule has 0 amide bonds. The normalized spacial score (nSPS) is 12.5. The summed E-state index contributed by atoms with van der Waals surface area (Å²) < 4.78 is 0. The van der Waals surface area contributed by atoms with Crippen molar-refractivity contribution in [2.75, 3.05) is 0 Å². The van der Waals surface area contributed by atoms with Crippen LogP contribution >= 0.6 is 0 Å². The Morgan fingerprint density at radius 3 is 2.53 bits per heavy atom. The van der Waals surface area contributed by atoms with Gasteiger partial charge in [-0.25, -0.2) is 0 Å². The largest absolute Gasteiger partial charge is 0.299 e. The lowest BCUT2D eigenvalue weighted by Gasteiger charge is -2.13. The van der Waals surface area contributed by atoms with Gasteiger partial charge in [-0.3, -0.25) is 4.79 Å². The molecule has 0 spiro atoms. The van der Waals surface area contributed by atoms with Crippen LogP contribution in [0.3, 0.4) is 0 Å². The van der Waals surface area contributed by atoms with Crippen molar-refractivity contribution in [3.05, 3.63) is 48.0 Å². The Hall–Kier alpha value is -1.63. The van der Waals surface area contributed by atoms with Crippen molar-refractivity contribution in [1.82, 2.24) is 0 Å². The number of aryl methyl sites for hydroxylation is 1. The van der Waals surface area contributed by atoms with Gasteiger partial charge < -0.3 is 0 Å². The van der Waals surface area contributed by atoms with Crippen molar-refractivity contribution < 1.29 is 4.79 Å². The van der Waals surface area contributed by atoms with Crippen molar-refractivity contribution in [3.8, 4) is 0 Å². The fourth-order valence-electron chi connectivity index (χ4n) is 2.72. The molecule has 0 aliphatic heterocycles. The molecule has 0 radical (unpaired) electrons. The highest BCUT2D eigenvalue weighted by molar-refractivity contribution is 5.85. The molecule has 1 atom stereocenters. The molecule has 2 rings (SSSR count). The van der Waals surface area contributed by atoms with Gasteiger partial charge in [0.05, 0.1) is 0 Å². The third kappa shape index (κ3) is 3.23. The third-order valence-corrected chi connectivity index (χ3v) is 3.94. The highest BCUT2D eigenvalue weighted by Crippen LogP contribution is 2.22. The van der Waals surface area contributed by atoms with E-state index in [9.17, 15) is 4.79 Å². The number of carbonyl (C=O) groups is 1. The number of fused-ring (bicyclic) bond motifs is 1. The van der Waals surface area contributed by atoms with Gasteiger partial charge >= 0.3 is 0 Å². The van der Waals surface area contributed by atoms with Crippen molar-refractivity contribution in [2.24, 2.45) is 5.92 Å². The van der Waals surface area contributed by atoms with Gasteiger partial charge in [0, 0.05) is 12.3 Å². The zero-order chi connectivity index (χ0) is 13.7. The quantitative estimate of drug-likeness (QED) is 0.725. The lowest BCUT2D eigenvalue weighted by molar-refractivity contribution is -0.122. The van der Waals surface area contributed by atoms with E-state index in [1.165, 1.54) is 16.3 Å². The summed E-state index contributed by atoms with van der Waals surface area (Å²) in [6.07, 6.45) is 3.58. The molecular weight excluding hydrogens is 232 g/mol. The van der Waals surface area contributed by atoms with Crippen LogP contribution < -0.4 is 0 Å². The Kier molecular flexibility index (Phi) is 4.73. The van der Waals surface area contributed by atoms with Gasteiger partial charge in [0.1, 0.15) is 5.78 Å². The molecule has 1 nitrogen and oxygen atoms in total. The van der Waals surface area contributed by atoms with Crippen LogP contribution in [0.15, 0.2) is 42.5 Å². The molecule has 0 heterocycles. The fourth-order valence-corrected chi connectivity index (χ4v) is 2.72. The Bertz CT molecular complexity index is 551. The van der Waals surface area contributed by atoms with E-state index in [0.29, 0.717) is 12.2 Å². The number of carbonyl (C=O) groups excluding carboxylic acids is 1. The SMILES string of the molecule is CCC(=O)C(CC)CCc1cccc2ccccc12. The van der Waals surface area contributed by atoms with E-state index in [2.05, 4.69) is 49.4 Å². The van der Waals surface area contributed by atoms with E-state index in [1.54, 1.807) is 0 Å². The summed E-state index contributed by atoms with van der Waals surface area (Å²) in [7, 11) is 0. The lowest BCUT2D eigenvalue weighted by atomic mass is 9.90. The number of ketones is 1.